The predicted molar refractivity (Wildman–Crippen MR) is 112 cm³/mol. The lowest BCUT2D eigenvalue weighted by Crippen LogP contribution is -2.50. The van der Waals surface area contributed by atoms with Crippen molar-refractivity contribution in [1.29, 1.82) is 0 Å². The molecule has 2 aromatic rings. The zero-order valence-electron chi connectivity index (χ0n) is 17.0. The fourth-order valence-corrected chi connectivity index (χ4v) is 3.79. The number of nitrogens with zero attached hydrogens (tertiary/aromatic N) is 2. The second-order valence-electron chi connectivity index (χ2n) is 7.94. The number of piperazine rings is 1. The van der Waals surface area contributed by atoms with Crippen molar-refractivity contribution in [2.45, 2.75) is 32.9 Å². The molecule has 0 bridgehead atoms. The van der Waals surface area contributed by atoms with Crippen LogP contribution in [0.3, 0.4) is 0 Å². The first-order valence-corrected chi connectivity index (χ1v) is 10.1. The van der Waals surface area contributed by atoms with E-state index in [0.717, 1.165) is 25.2 Å². The number of fused-ring (bicyclic) bond motifs is 1. The number of amides is 2. The minimum absolute atomic E-state index is 0.0318. The van der Waals surface area contributed by atoms with Gasteiger partial charge in [-0.05, 0) is 37.1 Å². The lowest BCUT2D eigenvalue weighted by Gasteiger charge is -2.35. The predicted octanol–water partition coefficient (Wildman–Crippen LogP) is 2.74. The summed E-state index contributed by atoms with van der Waals surface area (Å²) in [6, 6.07) is 14.2. The smallest absolute Gasteiger partial charge is 0.266 e. The molecule has 2 aliphatic heterocycles. The zero-order chi connectivity index (χ0) is 20.4. The molecular weight excluding hydrogens is 366 g/mol. The lowest BCUT2D eigenvalue weighted by molar-refractivity contribution is -0.138. The molecule has 6 heteroatoms. The Hall–Kier alpha value is -2.86. The van der Waals surface area contributed by atoms with Crippen LogP contribution in [0.15, 0.2) is 42.5 Å². The Bertz CT molecular complexity index is 902. The SMILES string of the molecule is Cc1ccc(CN2CCN(C(=O)CC3Oc4ccc(C)cc4NC3=O)CC2)cc1. The van der Waals surface area contributed by atoms with Gasteiger partial charge in [-0.15, -0.1) is 0 Å². The number of ether oxygens (including phenoxy) is 1. The third kappa shape index (κ3) is 4.59. The summed E-state index contributed by atoms with van der Waals surface area (Å²) in [6.45, 7) is 7.96. The number of carbonyl (C=O) groups excluding carboxylic acids is 2. The van der Waals surface area contributed by atoms with Gasteiger partial charge in [-0.1, -0.05) is 35.9 Å². The van der Waals surface area contributed by atoms with Crippen LogP contribution < -0.4 is 10.1 Å². The summed E-state index contributed by atoms with van der Waals surface area (Å²) >= 11 is 0. The van der Waals surface area contributed by atoms with Gasteiger partial charge in [-0.25, -0.2) is 0 Å². The average Bonchev–Trinajstić information content (AvgIpc) is 2.71. The van der Waals surface area contributed by atoms with Crippen LogP contribution in [0.1, 0.15) is 23.1 Å². The summed E-state index contributed by atoms with van der Waals surface area (Å²) in [4.78, 5) is 29.3. The van der Waals surface area contributed by atoms with Crippen molar-refractivity contribution >= 4 is 17.5 Å². The Kier molecular flexibility index (Phi) is 5.53. The molecule has 29 heavy (non-hydrogen) atoms. The van der Waals surface area contributed by atoms with Crippen molar-refractivity contribution in [3.05, 3.63) is 59.2 Å². The first kappa shape index (κ1) is 19.5. The molecule has 1 saturated heterocycles. The molecule has 4 rings (SSSR count). The Morgan fingerprint density at radius 3 is 2.45 bits per heavy atom. The molecule has 1 fully saturated rings. The maximum absolute atomic E-state index is 12.7. The van der Waals surface area contributed by atoms with Crippen molar-refractivity contribution in [2.24, 2.45) is 0 Å². The number of nitrogens with one attached hydrogen (secondary N) is 1. The Labute approximate surface area is 171 Å². The molecule has 2 heterocycles. The molecule has 2 aromatic carbocycles. The van der Waals surface area contributed by atoms with E-state index in [-0.39, 0.29) is 18.2 Å². The molecule has 1 N–H and O–H groups in total. The fourth-order valence-electron chi connectivity index (χ4n) is 3.79. The molecule has 0 aromatic heterocycles. The molecule has 0 aliphatic carbocycles. The minimum atomic E-state index is -0.775. The summed E-state index contributed by atoms with van der Waals surface area (Å²) in [7, 11) is 0. The zero-order valence-corrected chi connectivity index (χ0v) is 17.0. The number of benzene rings is 2. The molecule has 6 nitrogen and oxygen atoms in total. The van der Waals surface area contributed by atoms with E-state index in [1.165, 1.54) is 11.1 Å². The maximum Gasteiger partial charge on any atom is 0.266 e. The van der Waals surface area contributed by atoms with Crippen molar-refractivity contribution < 1.29 is 14.3 Å². The summed E-state index contributed by atoms with van der Waals surface area (Å²) in [6.07, 6.45) is -0.708. The largest absolute Gasteiger partial charge is 0.478 e. The third-order valence-electron chi connectivity index (χ3n) is 5.57. The third-order valence-corrected chi connectivity index (χ3v) is 5.57. The van der Waals surface area contributed by atoms with Gasteiger partial charge < -0.3 is 15.0 Å². The highest BCUT2D eigenvalue weighted by molar-refractivity contribution is 6.00. The van der Waals surface area contributed by atoms with Crippen molar-refractivity contribution in [3.63, 3.8) is 0 Å². The molecule has 2 aliphatic rings. The van der Waals surface area contributed by atoms with Gasteiger partial charge in [0, 0.05) is 32.7 Å². The van der Waals surface area contributed by atoms with E-state index in [4.69, 9.17) is 4.74 Å². The van der Waals surface area contributed by atoms with E-state index < -0.39 is 6.10 Å². The summed E-state index contributed by atoms with van der Waals surface area (Å²) in [5.41, 5.74) is 4.27. The topological polar surface area (TPSA) is 61.9 Å². The summed E-state index contributed by atoms with van der Waals surface area (Å²) < 4.78 is 5.80. The van der Waals surface area contributed by atoms with Crippen molar-refractivity contribution in [3.8, 4) is 5.75 Å². The van der Waals surface area contributed by atoms with Crippen LogP contribution in [-0.2, 0) is 16.1 Å². The van der Waals surface area contributed by atoms with E-state index >= 15 is 0 Å². The van der Waals surface area contributed by atoms with Gasteiger partial charge in [-0.2, -0.15) is 0 Å². The van der Waals surface area contributed by atoms with Crippen LogP contribution in [0.5, 0.6) is 5.75 Å². The monoisotopic (exact) mass is 393 g/mol. The van der Waals surface area contributed by atoms with Crippen LogP contribution in [0.2, 0.25) is 0 Å². The highest BCUT2D eigenvalue weighted by Crippen LogP contribution is 2.31. The van der Waals surface area contributed by atoms with Crippen LogP contribution in [0.4, 0.5) is 5.69 Å². The standard InChI is InChI=1S/C23H27N3O3/c1-16-3-6-18(7-4-16)15-25-9-11-26(12-10-25)22(27)14-21-23(28)24-19-13-17(2)5-8-20(19)29-21/h3-8,13,21H,9-12,14-15H2,1-2H3,(H,24,28). The molecular formula is C23H27N3O3. The first-order chi connectivity index (χ1) is 14.0. The molecule has 152 valence electrons. The second-order valence-corrected chi connectivity index (χ2v) is 7.94. The van der Waals surface area contributed by atoms with E-state index in [1.807, 2.05) is 30.0 Å². The Morgan fingerprint density at radius 1 is 1.03 bits per heavy atom. The molecule has 0 radical (unpaired) electrons. The number of carbonyl (C=O) groups is 2. The van der Waals surface area contributed by atoms with Gasteiger partial charge >= 0.3 is 0 Å². The quantitative estimate of drug-likeness (QED) is 0.868. The number of rotatable bonds is 4. The number of aryl methyl sites for hydroxylation is 2. The van der Waals surface area contributed by atoms with Gasteiger partial charge in [0.2, 0.25) is 5.91 Å². The Morgan fingerprint density at radius 2 is 1.72 bits per heavy atom. The van der Waals surface area contributed by atoms with Gasteiger partial charge in [0.05, 0.1) is 12.1 Å². The second kappa shape index (κ2) is 8.25. The Balaban J connectivity index is 1.29. The molecule has 0 saturated carbocycles. The fraction of sp³-hybridized carbons (Fsp3) is 0.391. The molecule has 0 spiro atoms. The van der Waals surface area contributed by atoms with E-state index in [2.05, 4.69) is 41.4 Å². The molecule has 2 amide bonds. The average molecular weight is 393 g/mol. The maximum atomic E-state index is 12.7. The van der Waals surface area contributed by atoms with Gasteiger partial charge in [-0.3, -0.25) is 14.5 Å². The van der Waals surface area contributed by atoms with Crippen LogP contribution in [0.25, 0.3) is 0 Å². The highest BCUT2D eigenvalue weighted by Gasteiger charge is 2.32. The highest BCUT2D eigenvalue weighted by atomic mass is 16.5. The minimum Gasteiger partial charge on any atom is -0.478 e. The van der Waals surface area contributed by atoms with E-state index in [9.17, 15) is 9.59 Å². The van der Waals surface area contributed by atoms with Crippen LogP contribution in [0, 0.1) is 13.8 Å². The van der Waals surface area contributed by atoms with Crippen molar-refractivity contribution in [1.82, 2.24) is 9.80 Å². The van der Waals surface area contributed by atoms with Crippen LogP contribution >= 0.6 is 0 Å². The molecule has 1 unspecified atom stereocenters. The van der Waals surface area contributed by atoms with Crippen LogP contribution in [-0.4, -0.2) is 53.9 Å². The number of anilines is 1. The van der Waals surface area contributed by atoms with E-state index in [1.54, 1.807) is 0 Å². The van der Waals surface area contributed by atoms with Gasteiger partial charge in [0.1, 0.15) is 5.75 Å². The van der Waals surface area contributed by atoms with Crippen molar-refractivity contribution in [2.75, 3.05) is 31.5 Å². The number of hydrogen-bond acceptors (Lipinski definition) is 4. The van der Waals surface area contributed by atoms with E-state index in [0.29, 0.717) is 24.5 Å². The normalized spacial score (nSPS) is 19.3. The lowest BCUT2D eigenvalue weighted by atomic mass is 10.1. The number of hydrogen-bond donors (Lipinski definition) is 1. The molecule has 1 atom stereocenters. The van der Waals surface area contributed by atoms with Gasteiger partial charge in [0.25, 0.3) is 5.91 Å². The van der Waals surface area contributed by atoms with Gasteiger partial charge in [0.15, 0.2) is 6.10 Å². The first-order valence-electron chi connectivity index (χ1n) is 10.1. The summed E-state index contributed by atoms with van der Waals surface area (Å²) in [5.74, 6) is 0.334. The summed E-state index contributed by atoms with van der Waals surface area (Å²) in [5, 5.41) is 2.85.